The van der Waals surface area contributed by atoms with Gasteiger partial charge >= 0.3 is 0 Å². The van der Waals surface area contributed by atoms with Gasteiger partial charge in [-0.05, 0) is 42.7 Å². The number of anilines is 1. The number of imidazole rings is 1. The SMILES string of the molecule is CC(C)CCOCCNC(=O)c1ccc(NC(=O)c2ncc(-c3ccc(OCC#N)c(F)c3F)n2C)cc1Cl. The molecule has 0 radical (unpaired) electrons. The van der Waals surface area contributed by atoms with E-state index in [4.69, 9.17) is 26.3 Å². The highest BCUT2D eigenvalue weighted by Crippen LogP contribution is 2.30. The Morgan fingerprint density at radius 1 is 1.15 bits per heavy atom. The van der Waals surface area contributed by atoms with Crippen LogP contribution in [-0.4, -0.2) is 47.7 Å². The summed E-state index contributed by atoms with van der Waals surface area (Å²) in [5.41, 5.74) is 0.534. The summed E-state index contributed by atoms with van der Waals surface area (Å²) in [5, 5.41) is 14.1. The van der Waals surface area contributed by atoms with E-state index in [1.807, 2.05) is 0 Å². The molecule has 2 aromatic carbocycles. The normalized spacial score (nSPS) is 10.8. The molecule has 12 heteroatoms. The molecular weight excluding hydrogens is 532 g/mol. The summed E-state index contributed by atoms with van der Waals surface area (Å²) in [6.45, 7) is 5.10. The number of hydrogen-bond donors (Lipinski definition) is 2. The lowest BCUT2D eigenvalue weighted by Crippen LogP contribution is -2.27. The Hall–Kier alpha value is -4.01. The second kappa shape index (κ2) is 13.7. The molecule has 0 aliphatic carbocycles. The van der Waals surface area contributed by atoms with Crippen LogP contribution >= 0.6 is 11.6 Å². The van der Waals surface area contributed by atoms with Gasteiger partial charge in [-0.3, -0.25) is 9.59 Å². The molecule has 3 rings (SSSR count). The lowest BCUT2D eigenvalue weighted by molar-refractivity contribution is 0.0905. The minimum atomic E-state index is -1.26. The fourth-order valence-corrected chi connectivity index (χ4v) is 3.81. The summed E-state index contributed by atoms with van der Waals surface area (Å²) in [6, 6.07) is 8.55. The monoisotopic (exact) mass is 559 g/mol. The number of ether oxygens (including phenoxy) is 2. The molecule has 0 saturated carbocycles. The van der Waals surface area contributed by atoms with Crippen molar-refractivity contribution < 1.29 is 27.8 Å². The molecule has 9 nitrogen and oxygen atoms in total. The van der Waals surface area contributed by atoms with Crippen molar-refractivity contribution in [2.24, 2.45) is 13.0 Å². The Kier molecular flexibility index (Phi) is 10.4. The maximum Gasteiger partial charge on any atom is 0.291 e. The van der Waals surface area contributed by atoms with Gasteiger partial charge in [-0.1, -0.05) is 25.4 Å². The Bertz CT molecular complexity index is 1390. The third-order valence-electron chi connectivity index (χ3n) is 5.65. The second-order valence-electron chi connectivity index (χ2n) is 8.91. The summed E-state index contributed by atoms with van der Waals surface area (Å²) < 4.78 is 40.7. The van der Waals surface area contributed by atoms with Gasteiger partial charge in [-0.25, -0.2) is 9.37 Å². The summed E-state index contributed by atoms with van der Waals surface area (Å²) >= 11 is 6.27. The molecule has 3 aromatic rings. The smallest absolute Gasteiger partial charge is 0.291 e. The fraction of sp³-hybridized carbons (Fsp3) is 0.333. The van der Waals surface area contributed by atoms with Crippen LogP contribution in [0, 0.1) is 28.9 Å². The van der Waals surface area contributed by atoms with Gasteiger partial charge in [0.15, 0.2) is 24.0 Å². The van der Waals surface area contributed by atoms with Crippen LogP contribution in [0.3, 0.4) is 0 Å². The first kappa shape index (κ1) is 29.5. The number of rotatable bonds is 12. The van der Waals surface area contributed by atoms with Crippen LogP contribution in [0.1, 0.15) is 41.2 Å². The van der Waals surface area contributed by atoms with Gasteiger partial charge in [0.1, 0.15) is 6.07 Å². The van der Waals surface area contributed by atoms with Crippen molar-refractivity contribution >= 4 is 29.1 Å². The van der Waals surface area contributed by atoms with Crippen molar-refractivity contribution in [3.63, 3.8) is 0 Å². The molecule has 206 valence electrons. The lowest BCUT2D eigenvalue weighted by atomic mass is 10.1. The van der Waals surface area contributed by atoms with E-state index < -0.39 is 29.9 Å². The van der Waals surface area contributed by atoms with Crippen molar-refractivity contribution in [1.29, 1.82) is 5.26 Å². The molecule has 0 bridgehead atoms. The van der Waals surface area contributed by atoms with Crippen LogP contribution in [0.4, 0.5) is 14.5 Å². The molecule has 0 aliphatic heterocycles. The van der Waals surface area contributed by atoms with Crippen LogP contribution in [0.2, 0.25) is 5.02 Å². The lowest BCUT2D eigenvalue weighted by Gasteiger charge is -2.11. The van der Waals surface area contributed by atoms with E-state index in [-0.39, 0.29) is 33.6 Å². The Morgan fingerprint density at radius 2 is 1.92 bits per heavy atom. The van der Waals surface area contributed by atoms with Gasteiger partial charge < -0.3 is 24.7 Å². The predicted octanol–water partition coefficient (Wildman–Crippen LogP) is 4.97. The first-order valence-corrected chi connectivity index (χ1v) is 12.5. The van der Waals surface area contributed by atoms with E-state index in [0.717, 1.165) is 6.42 Å². The van der Waals surface area contributed by atoms with E-state index in [9.17, 15) is 18.4 Å². The number of benzene rings is 2. The van der Waals surface area contributed by atoms with Crippen molar-refractivity contribution in [3.8, 4) is 23.1 Å². The zero-order chi connectivity index (χ0) is 28.5. The van der Waals surface area contributed by atoms with Gasteiger partial charge in [0.2, 0.25) is 5.82 Å². The minimum absolute atomic E-state index is 0.0787. The molecule has 0 unspecified atom stereocenters. The van der Waals surface area contributed by atoms with E-state index in [1.165, 1.54) is 48.1 Å². The van der Waals surface area contributed by atoms with Gasteiger partial charge in [-0.15, -0.1) is 0 Å². The first-order chi connectivity index (χ1) is 18.6. The predicted molar refractivity (Wildman–Crippen MR) is 142 cm³/mol. The summed E-state index contributed by atoms with van der Waals surface area (Å²) in [5.74, 6) is -3.41. The molecule has 2 N–H and O–H groups in total. The number of halogens is 3. The minimum Gasteiger partial charge on any atom is -0.476 e. The summed E-state index contributed by atoms with van der Waals surface area (Å²) in [4.78, 5) is 29.3. The molecule has 0 fully saturated rings. The highest BCUT2D eigenvalue weighted by Gasteiger charge is 2.22. The van der Waals surface area contributed by atoms with Crippen molar-refractivity contribution in [3.05, 3.63) is 64.6 Å². The fourth-order valence-electron chi connectivity index (χ4n) is 3.54. The van der Waals surface area contributed by atoms with Crippen LogP contribution in [0.5, 0.6) is 5.75 Å². The van der Waals surface area contributed by atoms with E-state index in [2.05, 4.69) is 29.5 Å². The molecule has 0 saturated heterocycles. The van der Waals surface area contributed by atoms with Crippen LogP contribution < -0.4 is 15.4 Å². The number of nitrogens with zero attached hydrogens (tertiary/aromatic N) is 3. The molecule has 0 aliphatic rings. The molecule has 0 spiro atoms. The third-order valence-corrected chi connectivity index (χ3v) is 5.96. The third kappa shape index (κ3) is 7.52. The topological polar surface area (TPSA) is 118 Å². The summed E-state index contributed by atoms with van der Waals surface area (Å²) in [6.07, 6.45) is 2.17. The van der Waals surface area contributed by atoms with E-state index in [0.29, 0.717) is 31.4 Å². The van der Waals surface area contributed by atoms with Gasteiger partial charge in [0.25, 0.3) is 11.8 Å². The number of aromatic nitrogens is 2. The van der Waals surface area contributed by atoms with Gasteiger partial charge in [0.05, 0.1) is 29.1 Å². The summed E-state index contributed by atoms with van der Waals surface area (Å²) in [7, 11) is 1.47. The van der Waals surface area contributed by atoms with Gasteiger partial charge in [-0.2, -0.15) is 9.65 Å². The quantitative estimate of drug-likeness (QED) is 0.303. The maximum absolute atomic E-state index is 14.7. The Balaban J connectivity index is 1.65. The Morgan fingerprint density at radius 3 is 2.62 bits per heavy atom. The van der Waals surface area contributed by atoms with Crippen molar-refractivity contribution in [1.82, 2.24) is 14.9 Å². The zero-order valence-corrected chi connectivity index (χ0v) is 22.4. The highest BCUT2D eigenvalue weighted by molar-refractivity contribution is 6.34. The van der Waals surface area contributed by atoms with Crippen LogP contribution in [-0.2, 0) is 11.8 Å². The average molecular weight is 560 g/mol. The number of carbonyl (C=O) groups is 2. The molecule has 1 aromatic heterocycles. The number of amides is 2. The highest BCUT2D eigenvalue weighted by atomic mass is 35.5. The molecule has 39 heavy (non-hydrogen) atoms. The number of hydrogen-bond acceptors (Lipinski definition) is 6. The standard InChI is InChI=1S/C27H28ClF2N5O4/c1-16(2)8-11-38-13-10-32-26(36)18-5-4-17(14-20(18)28)34-27(37)25-33-15-21(35(25)3)19-6-7-22(39-12-9-31)24(30)23(19)29/h4-7,14-16H,8,10-13H2,1-3H3,(H,32,36)(H,34,37). The number of nitrogens with one attached hydrogen (secondary N) is 2. The van der Waals surface area contributed by atoms with Crippen molar-refractivity contribution in [2.45, 2.75) is 20.3 Å². The molecular formula is C27H28ClF2N5O4. The van der Waals surface area contributed by atoms with Crippen LogP contribution in [0.25, 0.3) is 11.3 Å². The zero-order valence-electron chi connectivity index (χ0n) is 21.7. The largest absolute Gasteiger partial charge is 0.476 e. The van der Waals surface area contributed by atoms with E-state index >= 15 is 0 Å². The van der Waals surface area contributed by atoms with E-state index in [1.54, 1.807) is 6.07 Å². The molecule has 1 heterocycles. The van der Waals surface area contributed by atoms with Gasteiger partial charge in [0, 0.05) is 31.5 Å². The second-order valence-corrected chi connectivity index (χ2v) is 9.32. The number of carbonyl (C=O) groups excluding carboxylic acids is 2. The van der Waals surface area contributed by atoms with Crippen molar-refractivity contribution in [2.75, 3.05) is 31.7 Å². The first-order valence-electron chi connectivity index (χ1n) is 12.1. The maximum atomic E-state index is 14.7. The average Bonchev–Trinajstić information content (AvgIpc) is 3.27. The number of nitriles is 1. The van der Waals surface area contributed by atoms with Crippen LogP contribution in [0.15, 0.2) is 36.5 Å². The Labute approximate surface area is 229 Å². The molecule has 0 atom stereocenters. The molecule has 2 amide bonds.